The summed E-state index contributed by atoms with van der Waals surface area (Å²) >= 11 is 1.44. The number of carbonyl (C=O) groups excluding carboxylic acids is 1. The Morgan fingerprint density at radius 3 is 2.53 bits per heavy atom. The van der Waals surface area contributed by atoms with Crippen molar-refractivity contribution in [3.8, 4) is 5.75 Å². The number of ether oxygens (including phenoxy) is 2. The summed E-state index contributed by atoms with van der Waals surface area (Å²) in [5.41, 5.74) is 1.22. The lowest BCUT2D eigenvalue weighted by Crippen LogP contribution is -2.29. The monoisotopic (exact) mass is 528 g/mol. The first-order valence-corrected chi connectivity index (χ1v) is 13.8. The van der Waals surface area contributed by atoms with Crippen molar-refractivity contribution >= 4 is 59.2 Å². The summed E-state index contributed by atoms with van der Waals surface area (Å²) in [6, 6.07) is 12.8. The number of sulfone groups is 1. The number of aromatic nitrogens is 3. The number of para-hydroxylation sites is 1. The van der Waals surface area contributed by atoms with Crippen molar-refractivity contribution in [2.24, 2.45) is 5.92 Å². The standard InChI is InChI=1S/C25H28N4O5S2/c1-6-33-22(30)15(2)14-34-16-11-12-17-19(13-16)27-24(36(31,32)25(3,4)5)29-21(17)28-23-26-18-9-7-8-10-20(18)35-23/h7-13,15H,6,14H2,1-5H3,(H,26,27,28,29). The average Bonchev–Trinajstić information content (AvgIpc) is 3.24. The Hall–Kier alpha value is -3.31. The molecule has 0 saturated heterocycles. The van der Waals surface area contributed by atoms with Gasteiger partial charge in [-0.05, 0) is 58.9 Å². The maximum atomic E-state index is 13.2. The summed E-state index contributed by atoms with van der Waals surface area (Å²) in [5, 5.41) is 4.09. The number of hydrogen-bond acceptors (Lipinski definition) is 10. The third-order valence-electron chi connectivity index (χ3n) is 5.40. The second kappa shape index (κ2) is 9.98. The Kier molecular flexibility index (Phi) is 7.14. The number of anilines is 2. The molecule has 2 heterocycles. The van der Waals surface area contributed by atoms with Crippen LogP contribution in [-0.4, -0.2) is 47.3 Å². The lowest BCUT2D eigenvalue weighted by atomic mass is 10.2. The molecule has 4 rings (SSSR count). The second-order valence-corrected chi connectivity index (χ2v) is 12.9. The molecule has 0 amide bonds. The van der Waals surface area contributed by atoms with Crippen LogP contribution in [0.1, 0.15) is 34.6 Å². The molecule has 1 atom stereocenters. The number of thiazole rings is 1. The molecule has 0 spiro atoms. The van der Waals surface area contributed by atoms with Crippen molar-refractivity contribution in [3.63, 3.8) is 0 Å². The topological polar surface area (TPSA) is 120 Å². The molecule has 0 radical (unpaired) electrons. The zero-order valence-corrected chi connectivity index (χ0v) is 22.4. The van der Waals surface area contributed by atoms with Gasteiger partial charge >= 0.3 is 5.97 Å². The van der Waals surface area contributed by atoms with Crippen LogP contribution in [0.3, 0.4) is 0 Å². The molecule has 190 valence electrons. The SMILES string of the molecule is CCOC(=O)C(C)COc1ccc2c(Nc3nc4ccccc4s3)nc(S(=O)(=O)C(C)(C)C)nc2c1. The van der Waals surface area contributed by atoms with E-state index in [2.05, 4.69) is 20.3 Å². The largest absolute Gasteiger partial charge is 0.493 e. The Labute approximate surface area is 213 Å². The molecule has 0 saturated carbocycles. The molecule has 11 heteroatoms. The van der Waals surface area contributed by atoms with Crippen molar-refractivity contribution in [1.82, 2.24) is 15.0 Å². The van der Waals surface area contributed by atoms with Gasteiger partial charge < -0.3 is 14.8 Å². The van der Waals surface area contributed by atoms with Gasteiger partial charge in [-0.3, -0.25) is 4.79 Å². The van der Waals surface area contributed by atoms with Crippen LogP contribution in [0.5, 0.6) is 5.75 Å². The Morgan fingerprint density at radius 1 is 1.08 bits per heavy atom. The highest BCUT2D eigenvalue weighted by Crippen LogP contribution is 2.33. The van der Waals surface area contributed by atoms with Crippen LogP contribution in [0.2, 0.25) is 0 Å². The Bertz CT molecular complexity index is 1490. The van der Waals surface area contributed by atoms with E-state index in [4.69, 9.17) is 9.47 Å². The predicted molar refractivity (Wildman–Crippen MR) is 141 cm³/mol. The molecule has 4 aromatic rings. The second-order valence-electron chi connectivity index (χ2n) is 9.23. The first kappa shape index (κ1) is 25.8. The maximum Gasteiger partial charge on any atom is 0.312 e. The van der Waals surface area contributed by atoms with Crippen LogP contribution in [0.25, 0.3) is 21.1 Å². The van der Waals surface area contributed by atoms with Gasteiger partial charge in [-0.25, -0.2) is 23.4 Å². The fourth-order valence-corrected chi connectivity index (χ4v) is 5.11. The summed E-state index contributed by atoms with van der Waals surface area (Å²) in [5.74, 6) is -0.0312. The van der Waals surface area contributed by atoms with E-state index < -0.39 is 20.5 Å². The van der Waals surface area contributed by atoms with Crippen LogP contribution >= 0.6 is 11.3 Å². The summed E-state index contributed by atoms with van der Waals surface area (Å²) in [7, 11) is -3.84. The van der Waals surface area contributed by atoms with Crippen LogP contribution in [0.15, 0.2) is 47.6 Å². The van der Waals surface area contributed by atoms with Crippen LogP contribution < -0.4 is 10.1 Å². The Balaban J connectivity index is 1.74. The fraction of sp³-hybridized carbons (Fsp3) is 0.360. The van der Waals surface area contributed by atoms with Crippen molar-refractivity contribution in [2.75, 3.05) is 18.5 Å². The van der Waals surface area contributed by atoms with E-state index in [1.807, 2.05) is 24.3 Å². The molecule has 1 unspecified atom stereocenters. The molecular weight excluding hydrogens is 500 g/mol. The minimum atomic E-state index is -3.84. The molecule has 0 aliphatic heterocycles. The lowest BCUT2D eigenvalue weighted by molar-refractivity contribution is -0.148. The number of hydrogen-bond donors (Lipinski definition) is 1. The number of esters is 1. The summed E-state index contributed by atoms with van der Waals surface area (Å²) in [6.07, 6.45) is 0. The number of carbonyl (C=O) groups is 1. The molecule has 0 aliphatic rings. The van der Waals surface area contributed by atoms with Gasteiger partial charge in [-0.1, -0.05) is 23.5 Å². The summed E-state index contributed by atoms with van der Waals surface area (Å²) in [6.45, 7) is 8.68. The maximum absolute atomic E-state index is 13.2. The fourth-order valence-electron chi connectivity index (χ4n) is 3.27. The highest BCUT2D eigenvalue weighted by molar-refractivity contribution is 7.92. The number of rotatable bonds is 8. The zero-order chi connectivity index (χ0) is 26.1. The van der Waals surface area contributed by atoms with Crippen molar-refractivity contribution < 1.29 is 22.7 Å². The van der Waals surface area contributed by atoms with Crippen LogP contribution in [-0.2, 0) is 19.4 Å². The van der Waals surface area contributed by atoms with E-state index in [-0.39, 0.29) is 17.7 Å². The zero-order valence-electron chi connectivity index (χ0n) is 20.7. The third-order valence-corrected chi connectivity index (χ3v) is 8.63. The van der Waals surface area contributed by atoms with E-state index in [0.717, 1.165) is 10.2 Å². The van der Waals surface area contributed by atoms with Gasteiger partial charge in [-0.15, -0.1) is 0 Å². The van der Waals surface area contributed by atoms with Crippen molar-refractivity contribution in [3.05, 3.63) is 42.5 Å². The lowest BCUT2D eigenvalue weighted by Gasteiger charge is -2.19. The van der Waals surface area contributed by atoms with Gasteiger partial charge in [0.25, 0.3) is 0 Å². The molecule has 36 heavy (non-hydrogen) atoms. The van der Waals surface area contributed by atoms with E-state index in [1.165, 1.54) is 11.3 Å². The van der Waals surface area contributed by atoms with E-state index in [0.29, 0.717) is 34.2 Å². The van der Waals surface area contributed by atoms with E-state index >= 15 is 0 Å². The number of nitrogens with one attached hydrogen (secondary N) is 1. The highest BCUT2D eigenvalue weighted by atomic mass is 32.2. The van der Waals surface area contributed by atoms with Gasteiger partial charge in [0, 0.05) is 11.5 Å². The van der Waals surface area contributed by atoms with Gasteiger partial charge in [0.15, 0.2) is 5.13 Å². The highest BCUT2D eigenvalue weighted by Gasteiger charge is 2.34. The first-order valence-electron chi connectivity index (χ1n) is 11.5. The smallest absolute Gasteiger partial charge is 0.312 e. The summed E-state index contributed by atoms with van der Waals surface area (Å²) < 4.78 is 37.2. The number of nitrogens with zero attached hydrogens (tertiary/aromatic N) is 3. The minimum absolute atomic E-state index is 0.110. The number of fused-ring (bicyclic) bond motifs is 2. The van der Waals surface area contributed by atoms with E-state index in [1.54, 1.807) is 52.8 Å². The summed E-state index contributed by atoms with van der Waals surface area (Å²) in [4.78, 5) is 25.3. The van der Waals surface area contributed by atoms with Gasteiger partial charge in [0.05, 0.1) is 33.0 Å². The average molecular weight is 529 g/mol. The molecule has 1 N–H and O–H groups in total. The molecule has 0 aliphatic carbocycles. The van der Waals surface area contributed by atoms with Gasteiger partial charge in [0.2, 0.25) is 15.0 Å². The van der Waals surface area contributed by atoms with Crippen LogP contribution in [0, 0.1) is 5.92 Å². The molecular formula is C25H28N4O5S2. The normalized spacial score (nSPS) is 13.0. The van der Waals surface area contributed by atoms with Gasteiger partial charge in [0.1, 0.15) is 18.2 Å². The van der Waals surface area contributed by atoms with E-state index in [9.17, 15) is 13.2 Å². The van der Waals surface area contributed by atoms with Crippen molar-refractivity contribution in [1.29, 1.82) is 0 Å². The molecule has 0 fully saturated rings. The molecule has 0 bridgehead atoms. The minimum Gasteiger partial charge on any atom is -0.493 e. The molecule has 2 aromatic carbocycles. The first-order chi connectivity index (χ1) is 17.0. The Morgan fingerprint density at radius 2 is 1.83 bits per heavy atom. The molecule has 9 nitrogen and oxygen atoms in total. The van der Waals surface area contributed by atoms with Crippen LogP contribution in [0.4, 0.5) is 10.9 Å². The quantitative estimate of drug-likeness (QED) is 0.245. The third kappa shape index (κ3) is 5.26. The number of benzene rings is 2. The predicted octanol–water partition coefficient (Wildman–Crippen LogP) is 5.13. The van der Waals surface area contributed by atoms with Crippen molar-refractivity contribution in [2.45, 2.75) is 44.5 Å². The van der Waals surface area contributed by atoms with Gasteiger partial charge in [-0.2, -0.15) is 0 Å². The molecule has 2 aromatic heterocycles.